The third-order valence-electron chi connectivity index (χ3n) is 4.37. The van der Waals surface area contributed by atoms with Crippen molar-refractivity contribution in [3.05, 3.63) is 70.3 Å². The Kier molecular flexibility index (Phi) is 7.82. The van der Waals surface area contributed by atoms with Gasteiger partial charge in [0.25, 0.3) is 5.69 Å². The van der Waals surface area contributed by atoms with Crippen molar-refractivity contribution in [1.82, 2.24) is 10.0 Å². The van der Waals surface area contributed by atoms with Gasteiger partial charge in [-0.05, 0) is 30.5 Å². The quantitative estimate of drug-likeness (QED) is 0.390. The molecule has 156 valence electrons. The minimum absolute atomic E-state index is 0.0668. The van der Waals surface area contributed by atoms with Crippen molar-refractivity contribution >= 4 is 21.6 Å². The maximum absolute atomic E-state index is 12.3. The fraction of sp³-hybridized carbons (Fsp3) is 0.316. The van der Waals surface area contributed by atoms with Gasteiger partial charge in [0, 0.05) is 31.6 Å². The zero-order chi connectivity index (χ0) is 21.4. The van der Waals surface area contributed by atoms with Gasteiger partial charge in [0.15, 0.2) is 0 Å². The Morgan fingerprint density at radius 3 is 2.31 bits per heavy atom. The van der Waals surface area contributed by atoms with Crippen molar-refractivity contribution in [2.24, 2.45) is 5.92 Å². The van der Waals surface area contributed by atoms with Gasteiger partial charge in [0.1, 0.15) is 0 Å². The highest BCUT2D eigenvalue weighted by Gasteiger charge is 2.23. The van der Waals surface area contributed by atoms with Crippen LogP contribution in [0.1, 0.15) is 12.0 Å². The van der Waals surface area contributed by atoms with E-state index >= 15 is 0 Å². The Bertz CT molecular complexity index is 932. The molecule has 0 spiro atoms. The number of aliphatic hydroxyl groups is 1. The van der Waals surface area contributed by atoms with E-state index < -0.39 is 27.0 Å². The predicted molar refractivity (Wildman–Crippen MR) is 107 cm³/mol. The summed E-state index contributed by atoms with van der Waals surface area (Å²) < 4.78 is 26.9. The lowest BCUT2D eigenvalue weighted by molar-refractivity contribution is -0.384. The fourth-order valence-electron chi connectivity index (χ4n) is 2.83. The number of hydrogen-bond acceptors (Lipinski definition) is 6. The predicted octanol–water partition coefficient (Wildman–Crippen LogP) is 1.23. The van der Waals surface area contributed by atoms with E-state index in [1.165, 1.54) is 7.05 Å². The monoisotopic (exact) mass is 421 g/mol. The highest BCUT2D eigenvalue weighted by atomic mass is 32.2. The van der Waals surface area contributed by atoms with E-state index in [2.05, 4.69) is 10.0 Å². The molecule has 2 aromatic carbocycles. The first-order valence-electron chi connectivity index (χ1n) is 8.90. The van der Waals surface area contributed by atoms with Crippen LogP contribution in [-0.4, -0.2) is 44.1 Å². The van der Waals surface area contributed by atoms with Crippen molar-refractivity contribution in [2.45, 2.75) is 23.8 Å². The van der Waals surface area contributed by atoms with Gasteiger partial charge >= 0.3 is 0 Å². The van der Waals surface area contributed by atoms with E-state index in [4.69, 9.17) is 0 Å². The highest BCUT2D eigenvalue weighted by molar-refractivity contribution is 7.89. The number of amides is 1. The molecule has 0 aliphatic heterocycles. The number of nitro benzene ring substituents is 1. The van der Waals surface area contributed by atoms with Gasteiger partial charge in [0.05, 0.1) is 15.9 Å². The number of hydrogen-bond donors (Lipinski definition) is 3. The Morgan fingerprint density at radius 1 is 1.14 bits per heavy atom. The van der Waals surface area contributed by atoms with Crippen LogP contribution < -0.4 is 10.0 Å². The summed E-state index contributed by atoms with van der Waals surface area (Å²) in [6, 6.07) is 13.7. The summed E-state index contributed by atoms with van der Waals surface area (Å²) in [4.78, 5) is 22.0. The lowest BCUT2D eigenvalue weighted by Gasteiger charge is -2.19. The summed E-state index contributed by atoms with van der Waals surface area (Å²) in [5, 5.41) is 23.5. The van der Waals surface area contributed by atoms with E-state index in [9.17, 15) is 28.4 Å². The molecule has 0 bridgehead atoms. The van der Waals surface area contributed by atoms with Crippen LogP contribution in [0.15, 0.2) is 59.5 Å². The van der Waals surface area contributed by atoms with Gasteiger partial charge in [-0.1, -0.05) is 30.3 Å². The SMILES string of the molecule is CNC(=O)[C@H](Cc1ccccc1)C[C@H](O)CNS(=O)(=O)c1ccc([N+](=O)[O-])cc1. The van der Waals surface area contributed by atoms with E-state index in [1.807, 2.05) is 30.3 Å². The second-order valence-electron chi connectivity index (χ2n) is 6.49. The first-order chi connectivity index (χ1) is 13.7. The van der Waals surface area contributed by atoms with Crippen molar-refractivity contribution in [1.29, 1.82) is 0 Å². The third-order valence-corrected chi connectivity index (χ3v) is 5.81. The number of aliphatic hydroxyl groups excluding tert-OH is 1. The zero-order valence-corrected chi connectivity index (χ0v) is 16.6. The topological polar surface area (TPSA) is 139 Å². The normalized spacial score (nSPS) is 13.4. The molecule has 3 N–H and O–H groups in total. The van der Waals surface area contributed by atoms with Crippen molar-refractivity contribution < 1.29 is 23.2 Å². The molecular formula is C19H23N3O6S. The summed E-state index contributed by atoms with van der Waals surface area (Å²) in [6.45, 7) is -0.290. The Hall–Kier alpha value is -2.82. The van der Waals surface area contributed by atoms with Crippen LogP contribution in [0, 0.1) is 16.0 Å². The number of carbonyl (C=O) groups excluding carboxylic acids is 1. The van der Waals surface area contributed by atoms with E-state index in [-0.39, 0.29) is 29.5 Å². The number of rotatable bonds is 10. The summed E-state index contributed by atoms with van der Waals surface area (Å²) >= 11 is 0. The molecule has 29 heavy (non-hydrogen) atoms. The lowest BCUT2D eigenvalue weighted by atomic mass is 9.93. The summed E-state index contributed by atoms with van der Waals surface area (Å²) in [7, 11) is -2.45. The molecule has 0 aliphatic rings. The maximum Gasteiger partial charge on any atom is 0.269 e. The average Bonchev–Trinajstić information content (AvgIpc) is 2.72. The molecule has 2 rings (SSSR count). The average molecular weight is 421 g/mol. The molecule has 0 fully saturated rings. The van der Waals surface area contributed by atoms with Crippen LogP contribution in [0.5, 0.6) is 0 Å². The summed E-state index contributed by atoms with van der Waals surface area (Å²) in [5.41, 5.74) is 0.707. The van der Waals surface area contributed by atoms with Crippen LogP contribution >= 0.6 is 0 Å². The molecule has 2 atom stereocenters. The molecule has 0 saturated carbocycles. The molecule has 9 nitrogen and oxygen atoms in total. The number of nitrogens with one attached hydrogen (secondary N) is 2. The van der Waals surface area contributed by atoms with Crippen LogP contribution in [0.2, 0.25) is 0 Å². The largest absolute Gasteiger partial charge is 0.392 e. The maximum atomic E-state index is 12.3. The van der Waals surface area contributed by atoms with Crippen LogP contribution in [0.25, 0.3) is 0 Å². The van der Waals surface area contributed by atoms with Crippen molar-refractivity contribution in [2.75, 3.05) is 13.6 Å². The number of carbonyl (C=O) groups is 1. The summed E-state index contributed by atoms with van der Waals surface area (Å²) in [5.74, 6) is -0.771. The minimum atomic E-state index is -3.95. The van der Waals surface area contributed by atoms with Crippen LogP contribution in [0.3, 0.4) is 0 Å². The molecule has 10 heteroatoms. The van der Waals surface area contributed by atoms with Gasteiger partial charge in [-0.25, -0.2) is 13.1 Å². The standard InChI is InChI=1S/C19H23N3O6S/c1-20-19(24)15(11-14-5-3-2-4-6-14)12-17(23)13-21-29(27,28)18-9-7-16(8-10-18)22(25)26/h2-10,15,17,21,23H,11-13H2,1H3,(H,20,24)/t15-,17+/m1/s1. The molecule has 0 saturated heterocycles. The van der Waals surface area contributed by atoms with Crippen LogP contribution in [0.4, 0.5) is 5.69 Å². The van der Waals surface area contributed by atoms with Gasteiger partial charge in [0.2, 0.25) is 15.9 Å². The summed E-state index contributed by atoms with van der Waals surface area (Å²) in [6.07, 6.45) is -0.613. The molecule has 0 aliphatic carbocycles. The number of nitro groups is 1. The fourth-order valence-corrected chi connectivity index (χ4v) is 3.91. The first-order valence-corrected chi connectivity index (χ1v) is 10.4. The second kappa shape index (κ2) is 10.1. The Balaban J connectivity index is 1.99. The Labute approximate surface area is 169 Å². The number of nitrogens with zero attached hydrogens (tertiary/aromatic N) is 1. The minimum Gasteiger partial charge on any atom is -0.392 e. The smallest absolute Gasteiger partial charge is 0.269 e. The number of sulfonamides is 1. The van der Waals surface area contributed by atoms with E-state index in [0.29, 0.717) is 6.42 Å². The lowest BCUT2D eigenvalue weighted by Crippen LogP contribution is -2.37. The van der Waals surface area contributed by atoms with Crippen molar-refractivity contribution in [3.63, 3.8) is 0 Å². The molecule has 2 aromatic rings. The molecule has 0 unspecified atom stereocenters. The Morgan fingerprint density at radius 2 is 1.76 bits per heavy atom. The van der Waals surface area contributed by atoms with Gasteiger partial charge < -0.3 is 10.4 Å². The highest BCUT2D eigenvalue weighted by Crippen LogP contribution is 2.17. The van der Waals surface area contributed by atoms with Crippen molar-refractivity contribution in [3.8, 4) is 0 Å². The third kappa shape index (κ3) is 6.63. The van der Waals surface area contributed by atoms with Crippen LogP contribution in [-0.2, 0) is 21.2 Å². The first kappa shape index (κ1) is 22.5. The van der Waals surface area contributed by atoms with E-state index in [1.54, 1.807) is 0 Å². The van der Waals surface area contributed by atoms with Gasteiger partial charge in [-0.2, -0.15) is 0 Å². The van der Waals surface area contributed by atoms with Gasteiger partial charge in [-0.3, -0.25) is 14.9 Å². The molecule has 1 amide bonds. The number of benzene rings is 2. The number of non-ortho nitro benzene ring substituents is 1. The van der Waals surface area contributed by atoms with Gasteiger partial charge in [-0.15, -0.1) is 0 Å². The molecular weight excluding hydrogens is 398 g/mol. The van der Waals surface area contributed by atoms with E-state index in [0.717, 1.165) is 29.8 Å². The molecule has 0 radical (unpaired) electrons. The molecule has 0 heterocycles. The molecule has 0 aromatic heterocycles. The second-order valence-corrected chi connectivity index (χ2v) is 8.26. The zero-order valence-electron chi connectivity index (χ0n) is 15.8.